The van der Waals surface area contributed by atoms with E-state index in [9.17, 15) is 13.6 Å². The number of pyridine rings is 1. The van der Waals surface area contributed by atoms with Crippen molar-refractivity contribution in [2.24, 2.45) is 0 Å². The van der Waals surface area contributed by atoms with Crippen LogP contribution in [-0.2, 0) is 10.2 Å². The van der Waals surface area contributed by atoms with E-state index in [0.29, 0.717) is 5.56 Å². The van der Waals surface area contributed by atoms with Gasteiger partial charge in [-0.05, 0) is 18.6 Å². The smallest absolute Gasteiger partial charge is 0.320 e. The second-order valence-corrected chi connectivity index (χ2v) is 4.76. The Morgan fingerprint density at radius 3 is 2.41 bits per heavy atom. The number of rotatable bonds is 2. The molecule has 1 unspecified atom stereocenters. The Bertz CT molecular complexity index is 498. The molecule has 1 aromatic rings. The van der Waals surface area contributed by atoms with Crippen LogP contribution in [-0.4, -0.2) is 22.0 Å². The summed E-state index contributed by atoms with van der Waals surface area (Å²) < 4.78 is 26.7. The minimum atomic E-state index is -3.30. The fourth-order valence-electron chi connectivity index (χ4n) is 2.01. The highest BCUT2D eigenvalue weighted by atomic mass is 35.5. The molecule has 1 heterocycles. The summed E-state index contributed by atoms with van der Waals surface area (Å²) in [5, 5.41) is 8.77. The van der Waals surface area contributed by atoms with Gasteiger partial charge in [0.05, 0.1) is 0 Å². The molecule has 1 aliphatic carbocycles. The standard InChI is InChI=1S/C10H7Cl2F2NO2/c1-4-2-5(11)15-7(12)6(4)9(8(16)17)3-10(9,13)14/h2H,3H2,1H3,(H,16,17). The first-order chi connectivity index (χ1) is 7.72. The predicted molar refractivity (Wildman–Crippen MR) is 57.9 cm³/mol. The third-order valence-corrected chi connectivity index (χ3v) is 3.39. The van der Waals surface area contributed by atoms with Crippen LogP contribution in [0.1, 0.15) is 17.5 Å². The lowest BCUT2D eigenvalue weighted by Crippen LogP contribution is -2.28. The first kappa shape index (κ1) is 12.5. The number of aliphatic carboxylic acids is 1. The zero-order valence-corrected chi connectivity index (χ0v) is 10.1. The molecule has 0 radical (unpaired) electrons. The molecule has 7 heteroatoms. The third kappa shape index (κ3) is 1.60. The topological polar surface area (TPSA) is 50.2 Å². The van der Waals surface area contributed by atoms with Gasteiger partial charge in [0.15, 0.2) is 5.41 Å². The number of aryl methyl sites for hydroxylation is 1. The average molecular weight is 282 g/mol. The highest BCUT2D eigenvalue weighted by Gasteiger charge is 2.78. The van der Waals surface area contributed by atoms with Crippen molar-refractivity contribution in [2.45, 2.75) is 24.7 Å². The van der Waals surface area contributed by atoms with Gasteiger partial charge in [0, 0.05) is 12.0 Å². The van der Waals surface area contributed by atoms with Crippen LogP contribution in [0, 0.1) is 6.92 Å². The molecule has 0 aliphatic heterocycles. The largest absolute Gasteiger partial charge is 0.480 e. The number of alkyl halides is 2. The summed E-state index contributed by atoms with van der Waals surface area (Å²) in [5.41, 5.74) is -2.11. The monoisotopic (exact) mass is 281 g/mol. The summed E-state index contributed by atoms with van der Waals surface area (Å²) in [6.07, 6.45) is -0.765. The van der Waals surface area contributed by atoms with Crippen LogP contribution >= 0.6 is 23.2 Å². The van der Waals surface area contributed by atoms with Crippen molar-refractivity contribution in [1.82, 2.24) is 4.98 Å². The van der Waals surface area contributed by atoms with E-state index in [1.54, 1.807) is 0 Å². The van der Waals surface area contributed by atoms with Crippen molar-refractivity contribution >= 4 is 29.2 Å². The molecule has 1 aromatic heterocycles. The lowest BCUT2D eigenvalue weighted by Gasteiger charge is -2.15. The maximum absolute atomic E-state index is 13.3. The summed E-state index contributed by atoms with van der Waals surface area (Å²) in [6.45, 7) is 1.48. The molecule has 1 aliphatic rings. The zero-order valence-electron chi connectivity index (χ0n) is 8.60. The van der Waals surface area contributed by atoms with Gasteiger partial charge in [-0.1, -0.05) is 23.2 Å². The summed E-state index contributed by atoms with van der Waals surface area (Å²) in [5.74, 6) is -4.90. The Morgan fingerprint density at radius 2 is 2.06 bits per heavy atom. The second kappa shape index (κ2) is 3.53. The summed E-state index contributed by atoms with van der Waals surface area (Å²) in [7, 11) is 0. The fourth-order valence-corrected chi connectivity index (χ4v) is 2.70. The third-order valence-electron chi connectivity index (χ3n) is 2.92. The highest BCUT2D eigenvalue weighted by Crippen LogP contribution is 2.63. The minimum Gasteiger partial charge on any atom is -0.480 e. The Kier molecular flexibility index (Phi) is 2.60. The quantitative estimate of drug-likeness (QED) is 0.848. The first-order valence-electron chi connectivity index (χ1n) is 4.67. The van der Waals surface area contributed by atoms with Gasteiger partial charge in [-0.25, -0.2) is 13.8 Å². The number of carboxylic acids is 1. The van der Waals surface area contributed by atoms with Crippen molar-refractivity contribution < 1.29 is 18.7 Å². The normalized spacial score (nSPS) is 25.7. The van der Waals surface area contributed by atoms with E-state index in [2.05, 4.69) is 4.98 Å². The van der Waals surface area contributed by atoms with Gasteiger partial charge in [0.25, 0.3) is 5.92 Å². The van der Waals surface area contributed by atoms with Crippen LogP contribution in [0.15, 0.2) is 6.07 Å². The molecule has 0 aromatic carbocycles. The van der Waals surface area contributed by atoms with Crippen LogP contribution in [0.5, 0.6) is 0 Å². The molecule has 0 spiro atoms. The molecular formula is C10H7Cl2F2NO2. The van der Waals surface area contributed by atoms with Crippen LogP contribution in [0.3, 0.4) is 0 Å². The number of carbonyl (C=O) groups is 1. The van der Waals surface area contributed by atoms with E-state index in [1.807, 2.05) is 0 Å². The van der Waals surface area contributed by atoms with E-state index >= 15 is 0 Å². The Morgan fingerprint density at radius 1 is 1.53 bits per heavy atom. The summed E-state index contributed by atoms with van der Waals surface area (Å²) in [4.78, 5) is 14.7. The zero-order chi connectivity index (χ0) is 13.0. The van der Waals surface area contributed by atoms with E-state index in [4.69, 9.17) is 28.3 Å². The Balaban J connectivity index is 2.66. The SMILES string of the molecule is Cc1cc(Cl)nc(Cl)c1C1(C(=O)O)CC1(F)F. The molecule has 3 nitrogen and oxygen atoms in total. The molecular weight excluding hydrogens is 275 g/mol. The number of hydrogen-bond acceptors (Lipinski definition) is 2. The number of hydrogen-bond donors (Lipinski definition) is 1. The van der Waals surface area contributed by atoms with E-state index in [-0.39, 0.29) is 15.9 Å². The van der Waals surface area contributed by atoms with Crippen LogP contribution in [0.4, 0.5) is 8.78 Å². The Labute approximate surface area is 105 Å². The van der Waals surface area contributed by atoms with Gasteiger partial charge in [0.2, 0.25) is 0 Å². The average Bonchev–Trinajstić information content (AvgIpc) is 2.68. The van der Waals surface area contributed by atoms with Gasteiger partial charge in [-0.3, -0.25) is 4.79 Å². The van der Waals surface area contributed by atoms with E-state index in [0.717, 1.165) is 0 Å². The maximum Gasteiger partial charge on any atom is 0.320 e. The summed E-state index contributed by atoms with van der Waals surface area (Å²) in [6, 6.07) is 1.32. The molecule has 1 atom stereocenters. The summed E-state index contributed by atoms with van der Waals surface area (Å²) >= 11 is 11.4. The van der Waals surface area contributed by atoms with Gasteiger partial charge < -0.3 is 5.11 Å². The lowest BCUT2D eigenvalue weighted by molar-refractivity contribution is -0.143. The van der Waals surface area contributed by atoms with Gasteiger partial charge >= 0.3 is 5.97 Å². The first-order valence-corrected chi connectivity index (χ1v) is 5.42. The Hall–Kier alpha value is -0.940. The van der Waals surface area contributed by atoms with Crippen LogP contribution in [0.25, 0.3) is 0 Å². The molecule has 0 bridgehead atoms. The molecule has 0 amide bonds. The highest BCUT2D eigenvalue weighted by molar-refractivity contribution is 6.33. The maximum atomic E-state index is 13.3. The van der Waals surface area contributed by atoms with Crippen LogP contribution in [0.2, 0.25) is 10.3 Å². The van der Waals surface area contributed by atoms with Crippen molar-refractivity contribution in [3.05, 3.63) is 27.5 Å². The molecule has 2 rings (SSSR count). The van der Waals surface area contributed by atoms with E-state index in [1.165, 1.54) is 13.0 Å². The lowest BCUT2D eigenvalue weighted by atomic mass is 9.93. The minimum absolute atomic E-state index is 0.0424. The number of nitrogens with zero attached hydrogens (tertiary/aromatic N) is 1. The second-order valence-electron chi connectivity index (χ2n) is 4.02. The number of halogens is 4. The fraction of sp³-hybridized carbons (Fsp3) is 0.400. The van der Waals surface area contributed by atoms with Crippen LogP contribution < -0.4 is 0 Å². The molecule has 17 heavy (non-hydrogen) atoms. The van der Waals surface area contributed by atoms with Gasteiger partial charge in [0.1, 0.15) is 10.3 Å². The predicted octanol–water partition coefficient (Wildman–Crippen LogP) is 3.06. The van der Waals surface area contributed by atoms with Gasteiger partial charge in [-0.2, -0.15) is 0 Å². The number of carboxylic acid groups (broad SMARTS) is 1. The molecule has 1 N–H and O–H groups in total. The molecule has 92 valence electrons. The number of aromatic nitrogens is 1. The van der Waals surface area contributed by atoms with Crippen molar-refractivity contribution in [3.8, 4) is 0 Å². The molecule has 1 fully saturated rings. The van der Waals surface area contributed by atoms with Crippen molar-refractivity contribution in [2.75, 3.05) is 0 Å². The molecule has 1 saturated carbocycles. The molecule has 0 saturated heterocycles. The van der Waals surface area contributed by atoms with Crippen molar-refractivity contribution in [3.63, 3.8) is 0 Å². The van der Waals surface area contributed by atoms with Crippen molar-refractivity contribution in [1.29, 1.82) is 0 Å². The van der Waals surface area contributed by atoms with E-state index < -0.39 is 23.7 Å². The van der Waals surface area contributed by atoms with Gasteiger partial charge in [-0.15, -0.1) is 0 Å².